The van der Waals surface area contributed by atoms with Gasteiger partial charge in [-0.05, 0) is 42.8 Å². The third-order valence-corrected chi connectivity index (χ3v) is 4.74. The van der Waals surface area contributed by atoms with Crippen LogP contribution in [0.15, 0.2) is 36.4 Å². The molecule has 1 N–H and O–H groups in total. The number of amides is 3. The van der Waals surface area contributed by atoms with Crippen LogP contribution in [0.3, 0.4) is 0 Å². The minimum absolute atomic E-state index is 0.0604. The molecule has 0 radical (unpaired) electrons. The molecule has 0 fully saturated rings. The summed E-state index contributed by atoms with van der Waals surface area (Å²) in [5.41, 5.74) is 2.14. The summed E-state index contributed by atoms with van der Waals surface area (Å²) in [7, 11) is 1.72. The van der Waals surface area contributed by atoms with Crippen molar-refractivity contribution in [2.24, 2.45) is 5.92 Å². The molecular weight excluding hydrogens is 352 g/mol. The highest BCUT2D eigenvalue weighted by atomic mass is 35.5. The van der Waals surface area contributed by atoms with Crippen LogP contribution in [0.25, 0.3) is 0 Å². The quantitative estimate of drug-likeness (QED) is 0.863. The van der Waals surface area contributed by atoms with Gasteiger partial charge in [-0.25, -0.2) is 9.78 Å². The van der Waals surface area contributed by atoms with E-state index >= 15 is 0 Å². The van der Waals surface area contributed by atoms with Crippen LogP contribution in [0.1, 0.15) is 26.0 Å². The summed E-state index contributed by atoms with van der Waals surface area (Å²) < 4.78 is 0. The van der Waals surface area contributed by atoms with Crippen LogP contribution < -0.4 is 10.2 Å². The van der Waals surface area contributed by atoms with E-state index in [1.807, 2.05) is 19.9 Å². The van der Waals surface area contributed by atoms with Gasteiger partial charge in [-0.15, -0.1) is 0 Å². The number of nitrogens with zero attached hydrogens (tertiary/aromatic N) is 3. The van der Waals surface area contributed by atoms with Crippen molar-refractivity contribution in [3.8, 4) is 0 Å². The smallest absolute Gasteiger partial charge is 0.321 e. The Kier molecular flexibility index (Phi) is 5.13. The minimum Gasteiger partial charge on any atom is -0.321 e. The van der Waals surface area contributed by atoms with Crippen molar-refractivity contribution in [3.63, 3.8) is 0 Å². The van der Waals surface area contributed by atoms with E-state index in [2.05, 4.69) is 10.3 Å². The fourth-order valence-corrected chi connectivity index (χ4v) is 2.85. The number of benzene rings is 1. The lowest BCUT2D eigenvalue weighted by Gasteiger charge is -2.34. The predicted molar refractivity (Wildman–Crippen MR) is 103 cm³/mol. The number of carbonyl (C=O) groups is 2. The van der Waals surface area contributed by atoms with Crippen LogP contribution >= 0.6 is 11.6 Å². The fourth-order valence-electron chi connectivity index (χ4n) is 2.72. The van der Waals surface area contributed by atoms with E-state index in [0.717, 1.165) is 12.1 Å². The Morgan fingerprint density at radius 3 is 2.62 bits per heavy atom. The molecule has 2 aromatic rings. The topological polar surface area (TPSA) is 65.5 Å². The average molecular weight is 373 g/mol. The van der Waals surface area contributed by atoms with E-state index in [9.17, 15) is 9.59 Å². The summed E-state index contributed by atoms with van der Waals surface area (Å²) in [4.78, 5) is 32.5. The van der Waals surface area contributed by atoms with Crippen LogP contribution in [0.5, 0.6) is 0 Å². The van der Waals surface area contributed by atoms with E-state index in [1.54, 1.807) is 47.2 Å². The maximum atomic E-state index is 12.7. The molecule has 0 aliphatic carbocycles. The standard InChI is InChI=1S/C19H21ClN4O2/c1-4-12(2)18(25)22-17-10-9-16-15(21-17)11-23(3)19(26)24(16)14-7-5-13(20)6-8-14/h5-10,12H,4,11H2,1-3H3,(H,21,22,25)/t12-/m1/s1. The van der Waals surface area contributed by atoms with Crippen molar-refractivity contribution in [1.82, 2.24) is 9.88 Å². The summed E-state index contributed by atoms with van der Waals surface area (Å²) in [6, 6.07) is 10.5. The van der Waals surface area contributed by atoms with E-state index in [1.165, 1.54) is 0 Å². The number of aromatic nitrogens is 1. The molecule has 3 rings (SSSR count). The summed E-state index contributed by atoms with van der Waals surface area (Å²) in [6.07, 6.45) is 0.762. The predicted octanol–water partition coefficient (Wildman–Crippen LogP) is 4.42. The molecule has 0 unspecified atom stereocenters. The van der Waals surface area contributed by atoms with Crippen LogP contribution in [0, 0.1) is 5.92 Å². The number of urea groups is 1. The van der Waals surface area contributed by atoms with E-state index < -0.39 is 0 Å². The van der Waals surface area contributed by atoms with Crippen molar-refractivity contribution in [3.05, 3.63) is 47.1 Å². The lowest BCUT2D eigenvalue weighted by molar-refractivity contribution is -0.119. The monoisotopic (exact) mass is 372 g/mol. The SMILES string of the molecule is CC[C@@H](C)C(=O)Nc1ccc2c(n1)CN(C)C(=O)N2c1ccc(Cl)cc1. The maximum absolute atomic E-state index is 12.7. The number of hydrogen-bond acceptors (Lipinski definition) is 3. The van der Waals surface area contributed by atoms with E-state index in [-0.39, 0.29) is 17.9 Å². The molecule has 3 amide bonds. The summed E-state index contributed by atoms with van der Waals surface area (Å²) >= 11 is 5.96. The van der Waals surface area contributed by atoms with Gasteiger partial charge in [0.2, 0.25) is 5.91 Å². The molecule has 2 heterocycles. The number of hydrogen-bond donors (Lipinski definition) is 1. The molecule has 0 saturated heterocycles. The first-order valence-corrected chi connectivity index (χ1v) is 8.90. The lowest BCUT2D eigenvalue weighted by atomic mass is 10.1. The number of halogens is 1. The largest absolute Gasteiger partial charge is 0.329 e. The third-order valence-electron chi connectivity index (χ3n) is 4.49. The molecule has 26 heavy (non-hydrogen) atoms. The highest BCUT2D eigenvalue weighted by molar-refractivity contribution is 6.30. The van der Waals surface area contributed by atoms with Gasteiger partial charge >= 0.3 is 6.03 Å². The molecular formula is C19H21ClN4O2. The minimum atomic E-state index is -0.141. The average Bonchev–Trinajstić information content (AvgIpc) is 2.63. The van der Waals surface area contributed by atoms with Crippen molar-refractivity contribution in [2.45, 2.75) is 26.8 Å². The molecule has 0 saturated carbocycles. The van der Waals surface area contributed by atoms with Crippen molar-refractivity contribution in [1.29, 1.82) is 0 Å². The van der Waals surface area contributed by atoms with E-state index in [4.69, 9.17) is 11.6 Å². The Morgan fingerprint density at radius 2 is 1.96 bits per heavy atom. The zero-order valence-corrected chi connectivity index (χ0v) is 15.7. The van der Waals surface area contributed by atoms with Gasteiger partial charge in [0.1, 0.15) is 5.82 Å². The van der Waals surface area contributed by atoms with Crippen molar-refractivity contribution in [2.75, 3.05) is 17.3 Å². The molecule has 0 spiro atoms. The fraction of sp³-hybridized carbons (Fsp3) is 0.316. The van der Waals surface area contributed by atoms with Gasteiger partial charge in [-0.1, -0.05) is 25.4 Å². The zero-order valence-electron chi connectivity index (χ0n) is 15.0. The first-order chi connectivity index (χ1) is 12.4. The summed E-state index contributed by atoms with van der Waals surface area (Å²) in [6.45, 7) is 4.23. The molecule has 0 bridgehead atoms. The van der Waals surface area contributed by atoms with Gasteiger partial charge in [0.15, 0.2) is 0 Å². The van der Waals surface area contributed by atoms with Gasteiger partial charge in [0, 0.05) is 18.0 Å². The molecule has 1 aliphatic rings. The van der Waals surface area contributed by atoms with Crippen LogP contribution in [0.2, 0.25) is 5.02 Å². The second-order valence-corrected chi connectivity index (χ2v) is 6.85. The van der Waals surface area contributed by atoms with Gasteiger partial charge < -0.3 is 10.2 Å². The Morgan fingerprint density at radius 1 is 1.27 bits per heavy atom. The molecule has 1 aliphatic heterocycles. The summed E-state index contributed by atoms with van der Waals surface area (Å²) in [5.74, 6) is 0.352. The third kappa shape index (κ3) is 3.51. The molecule has 1 aromatic carbocycles. The summed E-state index contributed by atoms with van der Waals surface area (Å²) in [5, 5.41) is 3.45. The molecule has 7 heteroatoms. The molecule has 6 nitrogen and oxygen atoms in total. The lowest BCUT2D eigenvalue weighted by Crippen LogP contribution is -2.43. The van der Waals surface area contributed by atoms with Gasteiger partial charge in [-0.3, -0.25) is 9.69 Å². The first-order valence-electron chi connectivity index (χ1n) is 8.52. The van der Waals surface area contributed by atoms with Crippen LogP contribution in [0.4, 0.5) is 22.0 Å². The van der Waals surface area contributed by atoms with Crippen molar-refractivity contribution >= 4 is 40.7 Å². The van der Waals surface area contributed by atoms with Gasteiger partial charge in [0.05, 0.1) is 23.6 Å². The van der Waals surface area contributed by atoms with E-state index in [0.29, 0.717) is 28.8 Å². The Hall–Kier alpha value is -2.60. The first kappa shape index (κ1) is 18.2. The second kappa shape index (κ2) is 7.33. The number of fused-ring (bicyclic) bond motifs is 1. The maximum Gasteiger partial charge on any atom is 0.329 e. The Balaban J connectivity index is 1.95. The van der Waals surface area contributed by atoms with Crippen molar-refractivity contribution < 1.29 is 9.59 Å². The zero-order chi connectivity index (χ0) is 18.8. The highest BCUT2D eigenvalue weighted by Crippen LogP contribution is 2.34. The number of pyridine rings is 1. The highest BCUT2D eigenvalue weighted by Gasteiger charge is 2.30. The molecule has 136 valence electrons. The molecule has 1 aromatic heterocycles. The molecule has 1 atom stereocenters. The van der Waals surface area contributed by atoms with Crippen LogP contribution in [-0.4, -0.2) is 28.9 Å². The number of anilines is 3. The second-order valence-electron chi connectivity index (χ2n) is 6.41. The van der Waals surface area contributed by atoms with Gasteiger partial charge in [0.25, 0.3) is 0 Å². The normalized spacial score (nSPS) is 14.8. The Bertz CT molecular complexity index is 838. The number of carbonyl (C=O) groups excluding carboxylic acids is 2. The Labute approximate surface area is 157 Å². The number of nitrogens with one attached hydrogen (secondary N) is 1. The van der Waals surface area contributed by atoms with Crippen LogP contribution in [-0.2, 0) is 11.3 Å². The van der Waals surface area contributed by atoms with Gasteiger partial charge in [-0.2, -0.15) is 0 Å². The number of rotatable bonds is 4.